The largest absolute Gasteiger partial charge is 0.299 e. The maximum atomic E-state index is 11.2. The number of hydrogen-bond donors (Lipinski definition) is 0. The van der Waals surface area contributed by atoms with E-state index in [1.54, 1.807) is 0 Å². The molecule has 0 N–H and O–H groups in total. The third-order valence-corrected chi connectivity index (χ3v) is 3.56. The Morgan fingerprint density at radius 2 is 1.38 bits per heavy atom. The molecule has 0 bridgehead atoms. The van der Waals surface area contributed by atoms with Crippen molar-refractivity contribution in [3.05, 3.63) is 0 Å². The molecule has 2 saturated carbocycles. The molecule has 0 unspecified atom stereocenters. The van der Waals surface area contributed by atoms with E-state index in [9.17, 15) is 4.79 Å². The van der Waals surface area contributed by atoms with Crippen LogP contribution in [-0.4, -0.2) is 5.78 Å². The molecule has 2 rings (SSSR count). The van der Waals surface area contributed by atoms with Gasteiger partial charge < -0.3 is 0 Å². The molecule has 0 saturated heterocycles. The first-order valence-electron chi connectivity index (χ1n) is 6.87. The first kappa shape index (κ1) is 16.2. The van der Waals surface area contributed by atoms with Crippen molar-refractivity contribution in [2.75, 3.05) is 0 Å². The fraction of sp³-hybridized carbons (Fsp3) is 0.929. The van der Waals surface area contributed by atoms with E-state index in [-0.39, 0.29) is 17.1 Å². The first-order chi connectivity index (χ1) is 7.34. The van der Waals surface area contributed by atoms with Crippen LogP contribution in [0.15, 0.2) is 0 Å². The molecular weight excluding hydrogens is 240 g/mol. The average molecular weight is 266 g/mol. The van der Waals surface area contributed by atoms with Gasteiger partial charge in [-0.1, -0.05) is 51.9 Å². The van der Waals surface area contributed by atoms with E-state index in [0.717, 1.165) is 12.8 Å². The molecule has 0 aromatic carbocycles. The summed E-state index contributed by atoms with van der Waals surface area (Å²) in [4.78, 5) is 11.2. The van der Waals surface area contributed by atoms with E-state index in [4.69, 9.17) is 0 Å². The van der Waals surface area contributed by atoms with Crippen LogP contribution in [0.4, 0.5) is 0 Å². The molecule has 2 fully saturated rings. The van der Waals surface area contributed by atoms with Crippen molar-refractivity contribution in [3.8, 4) is 0 Å². The zero-order valence-electron chi connectivity index (χ0n) is 10.6. The summed E-state index contributed by atoms with van der Waals surface area (Å²) in [5.41, 5.74) is 0. The second-order valence-corrected chi connectivity index (χ2v) is 4.97. The van der Waals surface area contributed by atoms with Gasteiger partial charge in [0.05, 0.1) is 0 Å². The molecule has 0 aromatic heterocycles. The Bertz CT molecular complexity index is 162. The Balaban J connectivity index is 0.000000318. The van der Waals surface area contributed by atoms with Gasteiger partial charge in [-0.15, -0.1) is 0 Å². The van der Waals surface area contributed by atoms with E-state index in [1.165, 1.54) is 57.8 Å². The fourth-order valence-corrected chi connectivity index (χ4v) is 2.58. The van der Waals surface area contributed by atoms with Gasteiger partial charge in [-0.05, 0) is 19.3 Å². The molecule has 1 nitrogen and oxygen atoms in total. The van der Waals surface area contributed by atoms with Crippen LogP contribution in [0.2, 0.25) is 0 Å². The molecule has 0 spiro atoms. The Hall–Kier alpha value is 0.189. The van der Waals surface area contributed by atoms with Gasteiger partial charge in [0.25, 0.3) is 0 Å². The van der Waals surface area contributed by atoms with Crippen LogP contribution in [0, 0.1) is 5.92 Å². The van der Waals surface area contributed by atoms with Crippen LogP contribution >= 0.6 is 0 Å². The molecule has 2 aliphatic carbocycles. The minimum absolute atomic E-state index is 0. The number of Topliss-reactive ketones (excluding diaryl/α,β-unsaturated/α-hetero) is 1. The van der Waals surface area contributed by atoms with Crippen LogP contribution in [0.25, 0.3) is 0 Å². The zero-order chi connectivity index (χ0) is 10.9. The van der Waals surface area contributed by atoms with E-state index in [2.05, 4.69) is 6.92 Å². The standard InChI is InChI=1S/C9H16O.C5H10.Fe/c1-2-5-9(10)8-6-3-4-7-8;1-2-4-5-3-1;/h8H,2-7H2,1H3;1-5H2;. The van der Waals surface area contributed by atoms with Gasteiger partial charge in [0.1, 0.15) is 5.78 Å². The SMILES string of the molecule is C1CCCC1.CCCC(=O)C1CCCC1.[Fe]. The smallest absolute Gasteiger partial charge is 0.135 e. The minimum atomic E-state index is 0. The Morgan fingerprint density at radius 1 is 0.938 bits per heavy atom. The molecule has 16 heavy (non-hydrogen) atoms. The van der Waals surface area contributed by atoms with Crippen LogP contribution in [0.3, 0.4) is 0 Å². The summed E-state index contributed by atoms with van der Waals surface area (Å²) < 4.78 is 0. The van der Waals surface area contributed by atoms with Crippen molar-refractivity contribution in [2.24, 2.45) is 5.92 Å². The normalized spacial score (nSPS) is 19.8. The predicted octanol–water partition coefficient (Wildman–Crippen LogP) is 4.49. The van der Waals surface area contributed by atoms with Gasteiger partial charge in [0, 0.05) is 29.4 Å². The maximum absolute atomic E-state index is 11.2. The van der Waals surface area contributed by atoms with Crippen LogP contribution in [-0.2, 0) is 21.9 Å². The maximum Gasteiger partial charge on any atom is 0.135 e. The van der Waals surface area contributed by atoms with Crippen molar-refractivity contribution >= 4 is 5.78 Å². The van der Waals surface area contributed by atoms with Crippen LogP contribution in [0.5, 0.6) is 0 Å². The molecule has 0 aromatic rings. The van der Waals surface area contributed by atoms with Crippen molar-refractivity contribution in [1.29, 1.82) is 0 Å². The average Bonchev–Trinajstić information content (AvgIpc) is 2.95. The molecule has 0 amide bonds. The number of hydrogen-bond acceptors (Lipinski definition) is 1. The Kier molecular flexibility index (Phi) is 10.5. The van der Waals surface area contributed by atoms with Gasteiger partial charge in [0.15, 0.2) is 0 Å². The Labute approximate surface area is 111 Å². The minimum Gasteiger partial charge on any atom is -0.299 e. The topological polar surface area (TPSA) is 17.1 Å². The summed E-state index contributed by atoms with van der Waals surface area (Å²) in [7, 11) is 0. The molecule has 2 heteroatoms. The number of rotatable bonds is 3. The predicted molar refractivity (Wildman–Crippen MR) is 65.0 cm³/mol. The Morgan fingerprint density at radius 3 is 1.75 bits per heavy atom. The zero-order valence-corrected chi connectivity index (χ0v) is 11.7. The van der Waals surface area contributed by atoms with Crippen molar-refractivity contribution < 1.29 is 21.9 Å². The van der Waals surface area contributed by atoms with Crippen LogP contribution in [0.1, 0.15) is 77.6 Å². The second-order valence-electron chi connectivity index (χ2n) is 4.97. The van der Waals surface area contributed by atoms with Gasteiger partial charge in [-0.2, -0.15) is 0 Å². The van der Waals surface area contributed by atoms with Crippen LogP contribution < -0.4 is 0 Å². The fourth-order valence-electron chi connectivity index (χ4n) is 2.58. The molecule has 2 aliphatic rings. The molecule has 0 atom stereocenters. The van der Waals surface area contributed by atoms with Gasteiger partial charge >= 0.3 is 0 Å². The summed E-state index contributed by atoms with van der Waals surface area (Å²) >= 11 is 0. The van der Waals surface area contributed by atoms with E-state index in [1.807, 2.05) is 0 Å². The van der Waals surface area contributed by atoms with Gasteiger partial charge in [-0.25, -0.2) is 0 Å². The number of carbonyl (C=O) groups excluding carboxylic acids is 1. The van der Waals surface area contributed by atoms with E-state index >= 15 is 0 Å². The van der Waals surface area contributed by atoms with Crippen molar-refractivity contribution in [3.63, 3.8) is 0 Å². The third kappa shape index (κ3) is 6.70. The third-order valence-electron chi connectivity index (χ3n) is 3.56. The molecule has 0 aliphatic heterocycles. The summed E-state index contributed by atoms with van der Waals surface area (Å²) in [6, 6.07) is 0. The van der Waals surface area contributed by atoms with Gasteiger partial charge in [-0.3, -0.25) is 4.79 Å². The van der Waals surface area contributed by atoms with Crippen molar-refractivity contribution in [2.45, 2.75) is 77.6 Å². The quantitative estimate of drug-likeness (QED) is 0.687. The van der Waals surface area contributed by atoms with Crippen molar-refractivity contribution in [1.82, 2.24) is 0 Å². The molecular formula is C14H26FeO. The summed E-state index contributed by atoms with van der Waals surface area (Å²) in [5, 5.41) is 0. The number of ketones is 1. The molecule has 96 valence electrons. The number of carbonyl (C=O) groups is 1. The second kappa shape index (κ2) is 10.4. The summed E-state index contributed by atoms with van der Waals surface area (Å²) in [6.45, 7) is 2.08. The summed E-state index contributed by atoms with van der Waals surface area (Å²) in [6.07, 6.45) is 14.2. The molecule has 0 heterocycles. The monoisotopic (exact) mass is 266 g/mol. The molecule has 0 radical (unpaired) electrons. The van der Waals surface area contributed by atoms with Gasteiger partial charge in [0.2, 0.25) is 0 Å². The van der Waals surface area contributed by atoms with E-state index in [0.29, 0.717) is 11.7 Å². The van der Waals surface area contributed by atoms with E-state index < -0.39 is 0 Å². The summed E-state index contributed by atoms with van der Waals surface area (Å²) in [5.74, 6) is 0.958. The first-order valence-corrected chi connectivity index (χ1v) is 6.87.